The maximum Gasteiger partial charge on any atom is 0.488 e. The van der Waals surface area contributed by atoms with Gasteiger partial charge >= 0.3 is 7.12 Å². The van der Waals surface area contributed by atoms with Crippen LogP contribution in [0.2, 0.25) is 0 Å². The first kappa shape index (κ1) is 14.1. The second-order valence-corrected chi connectivity index (χ2v) is 4.15. The van der Waals surface area contributed by atoms with Crippen molar-refractivity contribution in [3.05, 3.63) is 59.4 Å². The molecule has 0 radical (unpaired) electrons. The van der Waals surface area contributed by atoms with Crippen molar-refractivity contribution in [2.24, 2.45) is 0 Å². The Hall–Kier alpha value is -2.36. The van der Waals surface area contributed by atoms with Crippen molar-refractivity contribution in [1.29, 1.82) is 5.26 Å². The molecule has 100 valence electrons. The Balaban J connectivity index is 2.07. The van der Waals surface area contributed by atoms with E-state index in [2.05, 4.69) is 0 Å². The van der Waals surface area contributed by atoms with E-state index in [-0.39, 0.29) is 12.2 Å². The first-order valence-electron chi connectivity index (χ1n) is 5.87. The SMILES string of the molecule is N#Cc1ccc(F)c(COc2ccc(B(O)O)cc2)c1. The van der Waals surface area contributed by atoms with Gasteiger partial charge in [0.1, 0.15) is 18.2 Å². The summed E-state index contributed by atoms with van der Waals surface area (Å²) >= 11 is 0. The summed E-state index contributed by atoms with van der Waals surface area (Å²) in [5.74, 6) is 0.0301. The number of nitrogens with zero attached hydrogens (tertiary/aromatic N) is 1. The van der Waals surface area contributed by atoms with Crippen molar-refractivity contribution in [3.63, 3.8) is 0 Å². The van der Waals surface area contributed by atoms with Gasteiger partial charge in [0.25, 0.3) is 0 Å². The van der Waals surface area contributed by atoms with E-state index >= 15 is 0 Å². The molecule has 6 heteroatoms. The molecule has 0 aromatic heterocycles. The Labute approximate surface area is 115 Å². The normalized spacial score (nSPS) is 9.90. The highest BCUT2D eigenvalue weighted by molar-refractivity contribution is 6.58. The van der Waals surface area contributed by atoms with Gasteiger partial charge in [-0.2, -0.15) is 5.26 Å². The van der Waals surface area contributed by atoms with E-state index in [1.165, 1.54) is 30.3 Å². The molecule has 20 heavy (non-hydrogen) atoms. The average Bonchev–Trinajstić information content (AvgIpc) is 2.47. The lowest BCUT2D eigenvalue weighted by molar-refractivity contribution is 0.300. The van der Waals surface area contributed by atoms with E-state index in [0.717, 1.165) is 0 Å². The van der Waals surface area contributed by atoms with Gasteiger partial charge in [-0.15, -0.1) is 0 Å². The van der Waals surface area contributed by atoms with Gasteiger partial charge in [-0.1, -0.05) is 12.1 Å². The molecule has 0 fully saturated rings. The van der Waals surface area contributed by atoms with Crippen LogP contribution in [-0.4, -0.2) is 17.2 Å². The number of halogens is 1. The van der Waals surface area contributed by atoms with Gasteiger partial charge in [-0.25, -0.2) is 4.39 Å². The molecule has 2 rings (SSSR count). The van der Waals surface area contributed by atoms with Gasteiger partial charge in [0, 0.05) is 5.56 Å². The molecule has 0 amide bonds. The molecule has 0 saturated heterocycles. The number of hydrogen-bond donors (Lipinski definition) is 2. The monoisotopic (exact) mass is 271 g/mol. The summed E-state index contributed by atoms with van der Waals surface area (Å²) in [5, 5.41) is 26.7. The maximum absolute atomic E-state index is 13.5. The molecule has 0 unspecified atom stereocenters. The highest BCUT2D eigenvalue weighted by Crippen LogP contribution is 2.15. The highest BCUT2D eigenvalue weighted by atomic mass is 19.1. The quantitative estimate of drug-likeness (QED) is 0.812. The predicted octanol–water partition coefficient (Wildman–Crippen LogP) is 0.956. The van der Waals surface area contributed by atoms with Gasteiger partial charge in [-0.05, 0) is 35.8 Å². The third-order valence-corrected chi connectivity index (χ3v) is 2.75. The van der Waals surface area contributed by atoms with Crippen molar-refractivity contribution >= 4 is 12.6 Å². The van der Waals surface area contributed by atoms with Crippen LogP contribution in [0.3, 0.4) is 0 Å². The maximum atomic E-state index is 13.5. The smallest absolute Gasteiger partial charge is 0.488 e. The first-order valence-corrected chi connectivity index (χ1v) is 5.87. The summed E-state index contributed by atoms with van der Waals surface area (Å²) in [7, 11) is -1.53. The third kappa shape index (κ3) is 3.35. The highest BCUT2D eigenvalue weighted by Gasteiger charge is 2.10. The van der Waals surface area contributed by atoms with Crippen molar-refractivity contribution in [2.75, 3.05) is 0 Å². The number of nitriles is 1. The van der Waals surface area contributed by atoms with E-state index in [9.17, 15) is 4.39 Å². The van der Waals surface area contributed by atoms with Crippen molar-refractivity contribution in [1.82, 2.24) is 0 Å². The summed E-state index contributed by atoms with van der Waals surface area (Å²) in [6.07, 6.45) is 0. The molecular formula is C14H11BFNO3. The topological polar surface area (TPSA) is 73.5 Å². The van der Waals surface area contributed by atoms with Crippen LogP contribution in [0.25, 0.3) is 0 Å². The van der Waals surface area contributed by atoms with Crippen LogP contribution in [0, 0.1) is 17.1 Å². The second-order valence-electron chi connectivity index (χ2n) is 4.15. The largest absolute Gasteiger partial charge is 0.489 e. The molecule has 0 aliphatic carbocycles. The van der Waals surface area contributed by atoms with Gasteiger partial charge in [-0.3, -0.25) is 0 Å². The second kappa shape index (κ2) is 6.19. The summed E-state index contributed by atoms with van der Waals surface area (Å²) in [6.45, 7) is -0.0115. The van der Waals surface area contributed by atoms with Gasteiger partial charge in [0.2, 0.25) is 0 Å². The summed E-state index contributed by atoms with van der Waals surface area (Å²) in [6, 6.07) is 12.1. The molecule has 2 aromatic rings. The molecular weight excluding hydrogens is 260 g/mol. The molecule has 0 atom stereocenters. The summed E-state index contributed by atoms with van der Waals surface area (Å²) < 4.78 is 18.9. The van der Waals surface area contributed by atoms with Gasteiger partial charge < -0.3 is 14.8 Å². The van der Waals surface area contributed by atoms with E-state index in [1.54, 1.807) is 12.1 Å². The Morgan fingerprint density at radius 1 is 1.15 bits per heavy atom. The number of rotatable bonds is 4. The van der Waals surface area contributed by atoms with Crippen molar-refractivity contribution in [2.45, 2.75) is 6.61 Å². The lowest BCUT2D eigenvalue weighted by Gasteiger charge is -2.08. The minimum atomic E-state index is -1.53. The number of hydrogen-bond acceptors (Lipinski definition) is 4. The molecule has 4 nitrogen and oxygen atoms in total. The molecule has 0 heterocycles. The van der Waals surface area contributed by atoms with E-state index in [1.807, 2.05) is 6.07 Å². The van der Waals surface area contributed by atoms with E-state index < -0.39 is 12.9 Å². The number of benzene rings is 2. The zero-order valence-electron chi connectivity index (χ0n) is 10.5. The Bertz CT molecular complexity index is 638. The van der Waals surface area contributed by atoms with Crippen LogP contribution in [0.5, 0.6) is 5.75 Å². The molecule has 0 saturated carbocycles. The average molecular weight is 271 g/mol. The van der Waals surface area contributed by atoms with Crippen molar-refractivity contribution in [3.8, 4) is 11.8 Å². The van der Waals surface area contributed by atoms with Crippen LogP contribution < -0.4 is 10.2 Å². The fourth-order valence-corrected chi connectivity index (χ4v) is 1.65. The minimum absolute atomic E-state index is 0.0115. The van der Waals surface area contributed by atoms with Crippen LogP contribution in [0.1, 0.15) is 11.1 Å². The number of ether oxygens (including phenoxy) is 1. The Morgan fingerprint density at radius 2 is 1.85 bits per heavy atom. The summed E-state index contributed by atoms with van der Waals surface area (Å²) in [5.41, 5.74) is 0.995. The predicted molar refractivity (Wildman–Crippen MR) is 71.7 cm³/mol. The Morgan fingerprint density at radius 3 is 2.45 bits per heavy atom. The van der Waals surface area contributed by atoms with E-state index in [4.69, 9.17) is 20.0 Å². The van der Waals surface area contributed by atoms with Crippen LogP contribution in [0.15, 0.2) is 42.5 Å². The molecule has 0 bridgehead atoms. The van der Waals surface area contributed by atoms with Gasteiger partial charge in [0.15, 0.2) is 0 Å². The molecule has 2 N–H and O–H groups in total. The molecule has 0 spiro atoms. The van der Waals surface area contributed by atoms with E-state index in [0.29, 0.717) is 16.8 Å². The molecule has 0 aliphatic rings. The van der Waals surface area contributed by atoms with Crippen LogP contribution >= 0.6 is 0 Å². The lowest BCUT2D eigenvalue weighted by atomic mass is 9.80. The lowest BCUT2D eigenvalue weighted by Crippen LogP contribution is -2.29. The minimum Gasteiger partial charge on any atom is -0.489 e. The zero-order valence-corrected chi connectivity index (χ0v) is 10.5. The molecule has 2 aromatic carbocycles. The van der Waals surface area contributed by atoms with Crippen LogP contribution in [0.4, 0.5) is 4.39 Å². The first-order chi connectivity index (χ1) is 9.60. The fraction of sp³-hybridized carbons (Fsp3) is 0.0714. The zero-order chi connectivity index (χ0) is 14.5. The standard InChI is InChI=1S/C14H11BFNO3/c16-14-6-1-10(8-17)7-11(14)9-20-13-4-2-12(3-5-13)15(18)19/h1-7,18-19H,9H2. The van der Waals surface area contributed by atoms with Gasteiger partial charge in [0.05, 0.1) is 11.6 Å². The summed E-state index contributed by atoms with van der Waals surface area (Å²) in [4.78, 5) is 0. The van der Waals surface area contributed by atoms with Crippen molar-refractivity contribution < 1.29 is 19.2 Å². The van der Waals surface area contributed by atoms with Crippen LogP contribution in [-0.2, 0) is 6.61 Å². The molecule has 0 aliphatic heterocycles. The Kier molecular flexibility index (Phi) is 4.36. The third-order valence-electron chi connectivity index (χ3n) is 2.75. The fourth-order valence-electron chi connectivity index (χ4n) is 1.65.